The van der Waals surface area contributed by atoms with E-state index in [-0.39, 0.29) is 5.69 Å². The molecule has 110 valence electrons. The largest absolute Gasteiger partial charge is 0.494 e. The molecule has 1 N–H and O–H groups in total. The Hall–Kier alpha value is -2.56. The Labute approximate surface area is 123 Å². The van der Waals surface area contributed by atoms with Gasteiger partial charge in [0.2, 0.25) is 0 Å². The van der Waals surface area contributed by atoms with Crippen LogP contribution in [0, 0.1) is 0 Å². The van der Waals surface area contributed by atoms with Crippen molar-refractivity contribution in [2.45, 2.75) is 20.0 Å². The molecular formula is C16H17NO4. The summed E-state index contributed by atoms with van der Waals surface area (Å²) in [5.41, 5.74) is 1.00. The summed E-state index contributed by atoms with van der Waals surface area (Å²) in [6.45, 7) is 3.16. The summed E-state index contributed by atoms with van der Waals surface area (Å²) in [6.07, 6.45) is 2.38. The zero-order valence-electron chi connectivity index (χ0n) is 11.8. The van der Waals surface area contributed by atoms with Crippen molar-refractivity contribution >= 4 is 5.97 Å². The van der Waals surface area contributed by atoms with E-state index in [1.165, 1.54) is 12.3 Å². The van der Waals surface area contributed by atoms with Crippen LogP contribution in [0.25, 0.3) is 0 Å². The van der Waals surface area contributed by atoms with Crippen molar-refractivity contribution in [1.29, 1.82) is 0 Å². The molecule has 1 heterocycles. The average Bonchev–Trinajstić information content (AvgIpc) is 2.52. The molecule has 2 rings (SSSR count). The Morgan fingerprint density at radius 2 is 1.81 bits per heavy atom. The number of pyridine rings is 1. The molecule has 0 amide bonds. The number of carbonyl (C=O) groups is 1. The van der Waals surface area contributed by atoms with Gasteiger partial charge in [0.25, 0.3) is 0 Å². The molecule has 0 spiro atoms. The lowest BCUT2D eigenvalue weighted by molar-refractivity contribution is 0.0690. The third kappa shape index (κ3) is 4.49. The first-order valence-corrected chi connectivity index (χ1v) is 6.73. The second-order valence-corrected chi connectivity index (χ2v) is 4.47. The normalized spacial score (nSPS) is 10.1. The van der Waals surface area contributed by atoms with Gasteiger partial charge in [-0.2, -0.15) is 0 Å². The summed E-state index contributed by atoms with van der Waals surface area (Å²) in [5.74, 6) is 0.323. The van der Waals surface area contributed by atoms with Crippen molar-refractivity contribution in [2.24, 2.45) is 0 Å². The lowest BCUT2D eigenvalue weighted by Crippen LogP contribution is -2.01. The summed E-state index contributed by atoms with van der Waals surface area (Å²) in [4.78, 5) is 14.5. The van der Waals surface area contributed by atoms with Crippen LogP contribution in [-0.4, -0.2) is 22.7 Å². The Morgan fingerprint density at radius 3 is 2.38 bits per heavy atom. The van der Waals surface area contributed by atoms with Gasteiger partial charge in [-0.05, 0) is 36.2 Å². The highest BCUT2D eigenvalue weighted by molar-refractivity contribution is 5.85. The smallest absolute Gasteiger partial charge is 0.354 e. The molecule has 0 aliphatic carbocycles. The molecule has 1 aromatic carbocycles. The summed E-state index contributed by atoms with van der Waals surface area (Å²) in [5, 5.41) is 8.76. The average molecular weight is 287 g/mol. The van der Waals surface area contributed by atoms with E-state index >= 15 is 0 Å². The number of hydrogen-bond acceptors (Lipinski definition) is 4. The number of carboxylic acid groups (broad SMARTS) is 1. The summed E-state index contributed by atoms with van der Waals surface area (Å²) in [7, 11) is 0. The Balaban J connectivity index is 1.88. The first kappa shape index (κ1) is 14.8. The Kier molecular flexibility index (Phi) is 5.15. The van der Waals surface area contributed by atoms with Crippen LogP contribution in [0.15, 0.2) is 42.6 Å². The lowest BCUT2D eigenvalue weighted by atomic mass is 10.2. The van der Waals surface area contributed by atoms with Gasteiger partial charge < -0.3 is 14.6 Å². The molecule has 0 saturated carbocycles. The van der Waals surface area contributed by atoms with Crippen LogP contribution in [0.2, 0.25) is 0 Å². The second-order valence-electron chi connectivity index (χ2n) is 4.47. The zero-order valence-corrected chi connectivity index (χ0v) is 11.8. The van der Waals surface area contributed by atoms with Gasteiger partial charge in [0.15, 0.2) is 0 Å². The van der Waals surface area contributed by atoms with Gasteiger partial charge >= 0.3 is 5.97 Å². The highest BCUT2D eigenvalue weighted by Gasteiger charge is 2.04. The van der Waals surface area contributed by atoms with E-state index in [0.717, 1.165) is 17.7 Å². The molecule has 0 saturated heterocycles. The van der Waals surface area contributed by atoms with Gasteiger partial charge in [-0.15, -0.1) is 0 Å². The molecule has 5 heteroatoms. The van der Waals surface area contributed by atoms with E-state index < -0.39 is 5.97 Å². The fraction of sp³-hybridized carbons (Fsp3) is 0.250. The van der Waals surface area contributed by atoms with Crippen molar-refractivity contribution in [2.75, 3.05) is 6.61 Å². The second kappa shape index (κ2) is 7.28. The minimum atomic E-state index is -1.05. The zero-order chi connectivity index (χ0) is 15.1. The van der Waals surface area contributed by atoms with Gasteiger partial charge in [0.05, 0.1) is 12.8 Å². The number of nitrogens with zero attached hydrogens (tertiary/aromatic N) is 1. The molecule has 0 unspecified atom stereocenters. The number of rotatable bonds is 7. The van der Waals surface area contributed by atoms with Crippen molar-refractivity contribution in [3.63, 3.8) is 0 Å². The minimum absolute atomic E-state index is 0.000208. The molecular weight excluding hydrogens is 270 g/mol. The summed E-state index contributed by atoms with van der Waals surface area (Å²) in [6, 6.07) is 10.7. The summed E-state index contributed by atoms with van der Waals surface area (Å²) < 4.78 is 11.1. The number of aromatic carboxylic acids is 1. The number of aromatic nitrogens is 1. The predicted octanol–water partition coefficient (Wildman–Crippen LogP) is 3.15. The number of carboxylic acids is 1. The van der Waals surface area contributed by atoms with E-state index in [9.17, 15) is 4.79 Å². The third-order valence-electron chi connectivity index (χ3n) is 2.76. The van der Waals surface area contributed by atoms with Crippen LogP contribution >= 0.6 is 0 Å². The van der Waals surface area contributed by atoms with Gasteiger partial charge in [0.1, 0.15) is 23.8 Å². The van der Waals surface area contributed by atoms with Gasteiger partial charge in [-0.25, -0.2) is 9.78 Å². The first-order chi connectivity index (χ1) is 10.2. The third-order valence-corrected chi connectivity index (χ3v) is 2.76. The first-order valence-electron chi connectivity index (χ1n) is 6.73. The molecule has 0 atom stereocenters. The highest BCUT2D eigenvalue weighted by atomic mass is 16.5. The maximum atomic E-state index is 10.7. The van der Waals surface area contributed by atoms with E-state index in [1.807, 2.05) is 24.3 Å². The summed E-state index contributed by atoms with van der Waals surface area (Å²) >= 11 is 0. The standard InChI is InChI=1S/C16H17NO4/c1-2-9-20-13-5-3-12(4-6-13)11-21-14-7-8-15(16(18)19)17-10-14/h3-8,10H,2,9,11H2,1H3,(H,18,19). The fourth-order valence-electron chi connectivity index (χ4n) is 1.66. The van der Waals surface area contributed by atoms with Gasteiger partial charge in [-0.3, -0.25) is 0 Å². The van der Waals surface area contributed by atoms with E-state index in [4.69, 9.17) is 14.6 Å². The lowest BCUT2D eigenvalue weighted by Gasteiger charge is -2.08. The number of ether oxygens (including phenoxy) is 2. The molecule has 0 aliphatic rings. The minimum Gasteiger partial charge on any atom is -0.494 e. The quantitative estimate of drug-likeness (QED) is 0.847. The Bertz CT molecular complexity index is 578. The van der Waals surface area contributed by atoms with Crippen LogP contribution in [0.1, 0.15) is 29.4 Å². The van der Waals surface area contributed by atoms with Crippen LogP contribution in [0.4, 0.5) is 0 Å². The van der Waals surface area contributed by atoms with Crippen LogP contribution < -0.4 is 9.47 Å². The van der Waals surface area contributed by atoms with Crippen LogP contribution in [0.3, 0.4) is 0 Å². The molecule has 0 bridgehead atoms. The van der Waals surface area contributed by atoms with Crippen LogP contribution in [-0.2, 0) is 6.61 Å². The molecule has 0 radical (unpaired) electrons. The van der Waals surface area contributed by atoms with Gasteiger partial charge in [0, 0.05) is 0 Å². The van der Waals surface area contributed by atoms with E-state index in [2.05, 4.69) is 11.9 Å². The van der Waals surface area contributed by atoms with E-state index in [0.29, 0.717) is 19.0 Å². The SMILES string of the molecule is CCCOc1ccc(COc2ccc(C(=O)O)nc2)cc1. The van der Waals surface area contributed by atoms with Gasteiger partial charge in [-0.1, -0.05) is 19.1 Å². The van der Waals surface area contributed by atoms with Crippen molar-refractivity contribution in [3.8, 4) is 11.5 Å². The van der Waals surface area contributed by atoms with E-state index in [1.54, 1.807) is 6.07 Å². The van der Waals surface area contributed by atoms with Crippen molar-refractivity contribution in [3.05, 3.63) is 53.9 Å². The van der Waals surface area contributed by atoms with Crippen molar-refractivity contribution in [1.82, 2.24) is 4.98 Å². The maximum Gasteiger partial charge on any atom is 0.354 e. The number of hydrogen-bond donors (Lipinski definition) is 1. The Morgan fingerprint density at radius 1 is 1.10 bits per heavy atom. The van der Waals surface area contributed by atoms with Crippen molar-refractivity contribution < 1.29 is 19.4 Å². The number of benzene rings is 1. The molecule has 5 nitrogen and oxygen atoms in total. The maximum absolute atomic E-state index is 10.7. The molecule has 21 heavy (non-hydrogen) atoms. The fourth-order valence-corrected chi connectivity index (χ4v) is 1.66. The highest BCUT2D eigenvalue weighted by Crippen LogP contribution is 2.15. The topological polar surface area (TPSA) is 68.7 Å². The molecule has 0 fully saturated rings. The molecule has 1 aromatic heterocycles. The monoisotopic (exact) mass is 287 g/mol. The molecule has 0 aliphatic heterocycles. The predicted molar refractivity (Wildman–Crippen MR) is 77.8 cm³/mol. The molecule has 2 aromatic rings. The van der Waals surface area contributed by atoms with Crippen LogP contribution in [0.5, 0.6) is 11.5 Å².